The number of halogens is 2. The Bertz CT molecular complexity index is 687. The largest absolute Gasteiger partial charge is 0.324 e. The summed E-state index contributed by atoms with van der Waals surface area (Å²) in [5, 5.41) is 4.81. The van der Waals surface area contributed by atoms with Gasteiger partial charge in [-0.2, -0.15) is 4.39 Å². The zero-order valence-corrected chi connectivity index (χ0v) is 11.0. The minimum absolute atomic E-state index is 0.0440. The molecule has 21 heavy (non-hydrogen) atoms. The lowest BCUT2D eigenvalue weighted by molar-refractivity contribution is -0.114. The molecule has 0 fully saturated rings. The van der Waals surface area contributed by atoms with E-state index < -0.39 is 23.6 Å². The maximum atomic E-state index is 13.5. The van der Waals surface area contributed by atoms with Crippen molar-refractivity contribution in [1.82, 2.24) is 4.98 Å². The Balaban J connectivity index is 2.17. The number of pyridine rings is 1. The monoisotopic (exact) mass is 291 g/mol. The first kappa shape index (κ1) is 14.6. The molecule has 0 saturated heterocycles. The van der Waals surface area contributed by atoms with Crippen molar-refractivity contribution in [2.45, 2.75) is 6.92 Å². The summed E-state index contributed by atoms with van der Waals surface area (Å²) in [5.74, 6) is -2.27. The maximum absolute atomic E-state index is 13.5. The fourth-order valence-electron chi connectivity index (χ4n) is 1.60. The lowest BCUT2D eigenvalue weighted by Gasteiger charge is -2.08. The number of nitrogens with one attached hydrogen (secondary N) is 2. The number of amides is 2. The average molecular weight is 291 g/mol. The van der Waals surface area contributed by atoms with Crippen LogP contribution in [-0.4, -0.2) is 16.8 Å². The van der Waals surface area contributed by atoms with Crippen LogP contribution < -0.4 is 10.6 Å². The Labute approximate surface area is 119 Å². The number of rotatable bonds is 3. The standard InChI is InChI=1S/C14H11F2N3O2/c1-8(20)18-12-6-10(3-4-11(12)15)19-14(21)9-2-5-13(16)17-7-9/h2-7H,1H3,(H,18,20)(H,19,21). The number of anilines is 2. The van der Waals surface area contributed by atoms with Crippen LogP contribution in [0.5, 0.6) is 0 Å². The number of hydrogen-bond acceptors (Lipinski definition) is 3. The zero-order valence-electron chi connectivity index (χ0n) is 11.0. The second kappa shape index (κ2) is 6.08. The van der Waals surface area contributed by atoms with Crippen LogP contribution in [-0.2, 0) is 4.79 Å². The molecule has 1 aromatic heterocycles. The lowest BCUT2D eigenvalue weighted by atomic mass is 10.2. The zero-order chi connectivity index (χ0) is 15.4. The molecular formula is C14H11F2N3O2. The molecule has 0 radical (unpaired) electrons. The number of carbonyl (C=O) groups is 2. The van der Waals surface area contributed by atoms with E-state index in [2.05, 4.69) is 15.6 Å². The van der Waals surface area contributed by atoms with E-state index >= 15 is 0 Å². The van der Waals surface area contributed by atoms with Crippen LogP contribution in [0.3, 0.4) is 0 Å². The summed E-state index contributed by atoms with van der Waals surface area (Å²) in [6.45, 7) is 1.24. The van der Waals surface area contributed by atoms with E-state index in [0.717, 1.165) is 18.3 Å². The fourth-order valence-corrected chi connectivity index (χ4v) is 1.60. The summed E-state index contributed by atoms with van der Waals surface area (Å²) in [4.78, 5) is 26.2. The summed E-state index contributed by atoms with van der Waals surface area (Å²) < 4.78 is 26.1. The van der Waals surface area contributed by atoms with Crippen LogP contribution in [0, 0.1) is 11.8 Å². The Kier molecular flexibility index (Phi) is 4.22. The quantitative estimate of drug-likeness (QED) is 0.854. The van der Waals surface area contributed by atoms with Crippen LogP contribution in [0.4, 0.5) is 20.2 Å². The van der Waals surface area contributed by atoms with Gasteiger partial charge in [-0.3, -0.25) is 9.59 Å². The number of carbonyl (C=O) groups excluding carboxylic acids is 2. The van der Waals surface area contributed by atoms with Crippen LogP contribution >= 0.6 is 0 Å². The smallest absolute Gasteiger partial charge is 0.257 e. The van der Waals surface area contributed by atoms with Gasteiger partial charge < -0.3 is 10.6 Å². The Morgan fingerprint density at radius 2 is 1.86 bits per heavy atom. The number of benzene rings is 1. The minimum atomic E-state index is -0.693. The van der Waals surface area contributed by atoms with E-state index in [0.29, 0.717) is 0 Å². The first-order valence-corrected chi connectivity index (χ1v) is 5.96. The topological polar surface area (TPSA) is 71.1 Å². The van der Waals surface area contributed by atoms with Gasteiger partial charge in [0.15, 0.2) is 0 Å². The van der Waals surface area contributed by atoms with Gasteiger partial charge in [-0.15, -0.1) is 0 Å². The van der Waals surface area contributed by atoms with Gasteiger partial charge in [-0.25, -0.2) is 9.37 Å². The summed E-state index contributed by atoms with van der Waals surface area (Å²) >= 11 is 0. The molecule has 0 atom stereocenters. The first-order valence-electron chi connectivity index (χ1n) is 5.96. The van der Waals surface area contributed by atoms with Crippen LogP contribution in [0.1, 0.15) is 17.3 Å². The van der Waals surface area contributed by atoms with Crippen molar-refractivity contribution in [3.63, 3.8) is 0 Å². The van der Waals surface area contributed by atoms with Crippen molar-refractivity contribution < 1.29 is 18.4 Å². The summed E-state index contributed by atoms with van der Waals surface area (Å²) in [6, 6.07) is 6.07. The van der Waals surface area contributed by atoms with Gasteiger partial charge in [-0.1, -0.05) is 0 Å². The van der Waals surface area contributed by atoms with Crippen molar-refractivity contribution in [1.29, 1.82) is 0 Å². The number of nitrogens with zero attached hydrogens (tertiary/aromatic N) is 1. The van der Waals surface area contributed by atoms with Gasteiger partial charge in [-0.05, 0) is 30.3 Å². The Hall–Kier alpha value is -2.83. The van der Waals surface area contributed by atoms with E-state index in [1.54, 1.807) is 0 Å². The number of aromatic nitrogens is 1. The molecule has 0 bridgehead atoms. The molecule has 0 aliphatic heterocycles. The van der Waals surface area contributed by atoms with Crippen LogP contribution in [0.2, 0.25) is 0 Å². The molecule has 1 aromatic carbocycles. The summed E-state index contributed by atoms with van der Waals surface area (Å²) in [5.41, 5.74) is 0.397. The van der Waals surface area contributed by atoms with Gasteiger partial charge in [0.2, 0.25) is 11.9 Å². The molecule has 2 N–H and O–H groups in total. The maximum Gasteiger partial charge on any atom is 0.257 e. The molecule has 2 rings (SSSR count). The van der Waals surface area contributed by atoms with Gasteiger partial charge in [0, 0.05) is 18.8 Å². The van der Waals surface area contributed by atoms with E-state index in [9.17, 15) is 18.4 Å². The first-order chi connectivity index (χ1) is 9.95. The molecule has 0 aliphatic rings. The van der Waals surface area contributed by atoms with Crippen molar-refractivity contribution in [2.75, 3.05) is 10.6 Å². The SMILES string of the molecule is CC(=O)Nc1cc(NC(=O)c2ccc(F)nc2)ccc1F. The molecular weight excluding hydrogens is 280 g/mol. The molecule has 7 heteroatoms. The molecule has 1 heterocycles. The molecule has 2 aromatic rings. The minimum Gasteiger partial charge on any atom is -0.324 e. The third kappa shape index (κ3) is 3.82. The van der Waals surface area contributed by atoms with Gasteiger partial charge in [0.1, 0.15) is 5.82 Å². The second-order valence-electron chi connectivity index (χ2n) is 4.20. The molecule has 0 unspecified atom stereocenters. The van der Waals surface area contributed by atoms with E-state index in [4.69, 9.17) is 0 Å². The fraction of sp³-hybridized carbons (Fsp3) is 0.0714. The molecule has 108 valence electrons. The Morgan fingerprint density at radius 1 is 1.10 bits per heavy atom. The molecule has 0 spiro atoms. The summed E-state index contributed by atoms with van der Waals surface area (Å²) in [6.07, 6.45) is 1.09. The van der Waals surface area contributed by atoms with E-state index in [1.807, 2.05) is 0 Å². The molecule has 2 amide bonds. The van der Waals surface area contributed by atoms with Crippen molar-refractivity contribution in [3.05, 3.63) is 53.9 Å². The van der Waals surface area contributed by atoms with E-state index in [1.165, 1.54) is 25.1 Å². The number of hydrogen-bond donors (Lipinski definition) is 2. The normalized spacial score (nSPS) is 10.0. The van der Waals surface area contributed by atoms with E-state index in [-0.39, 0.29) is 16.9 Å². The molecule has 0 saturated carbocycles. The lowest BCUT2D eigenvalue weighted by Crippen LogP contribution is -2.13. The highest BCUT2D eigenvalue weighted by atomic mass is 19.1. The molecule has 0 aliphatic carbocycles. The summed E-state index contributed by atoms with van der Waals surface area (Å²) in [7, 11) is 0. The van der Waals surface area contributed by atoms with Gasteiger partial charge >= 0.3 is 0 Å². The third-order valence-corrected chi connectivity index (χ3v) is 2.52. The highest BCUT2D eigenvalue weighted by molar-refractivity contribution is 6.04. The Morgan fingerprint density at radius 3 is 2.48 bits per heavy atom. The van der Waals surface area contributed by atoms with Crippen molar-refractivity contribution in [2.24, 2.45) is 0 Å². The van der Waals surface area contributed by atoms with Crippen molar-refractivity contribution >= 4 is 23.2 Å². The highest BCUT2D eigenvalue weighted by Gasteiger charge is 2.10. The highest BCUT2D eigenvalue weighted by Crippen LogP contribution is 2.20. The van der Waals surface area contributed by atoms with Crippen LogP contribution in [0.15, 0.2) is 36.5 Å². The van der Waals surface area contributed by atoms with Crippen molar-refractivity contribution in [3.8, 4) is 0 Å². The second-order valence-corrected chi connectivity index (χ2v) is 4.20. The van der Waals surface area contributed by atoms with Crippen LogP contribution in [0.25, 0.3) is 0 Å². The average Bonchev–Trinajstić information content (AvgIpc) is 2.42. The predicted octanol–water partition coefficient (Wildman–Crippen LogP) is 2.57. The van der Waals surface area contributed by atoms with Gasteiger partial charge in [0.05, 0.1) is 11.3 Å². The third-order valence-electron chi connectivity index (χ3n) is 2.52. The predicted molar refractivity (Wildman–Crippen MR) is 72.9 cm³/mol. The molecule has 5 nitrogen and oxygen atoms in total. The van der Waals surface area contributed by atoms with Gasteiger partial charge in [0.25, 0.3) is 5.91 Å².